The van der Waals surface area contributed by atoms with E-state index in [4.69, 9.17) is 30.5 Å². The predicted molar refractivity (Wildman–Crippen MR) is 145 cm³/mol. The minimum absolute atomic E-state index is 0.246. The molecule has 0 atom stereocenters. The first-order chi connectivity index (χ1) is 18.0. The van der Waals surface area contributed by atoms with E-state index in [9.17, 15) is 4.79 Å². The monoisotopic (exact) mass is 514 g/mol. The fraction of sp³-hybridized carbons (Fsp3) is 0.103. The zero-order chi connectivity index (χ0) is 25.9. The van der Waals surface area contributed by atoms with Gasteiger partial charge in [0.15, 0.2) is 23.0 Å². The van der Waals surface area contributed by atoms with Crippen LogP contribution < -0.4 is 24.3 Å². The average molecular weight is 515 g/mol. The van der Waals surface area contributed by atoms with E-state index in [1.54, 1.807) is 76.1 Å². The molecule has 8 heteroatoms. The number of amides is 1. The quantitative estimate of drug-likeness (QED) is 0.249. The zero-order valence-corrected chi connectivity index (χ0v) is 21.1. The molecule has 1 amide bonds. The van der Waals surface area contributed by atoms with Crippen LogP contribution in [0.2, 0.25) is 5.02 Å². The van der Waals surface area contributed by atoms with Crippen LogP contribution >= 0.6 is 11.6 Å². The van der Waals surface area contributed by atoms with Gasteiger partial charge in [-0.3, -0.25) is 9.78 Å². The number of methoxy groups -OCH3 is 3. The molecule has 1 aromatic heterocycles. The minimum atomic E-state index is -0.246. The fourth-order valence-electron chi connectivity index (χ4n) is 4.11. The van der Waals surface area contributed by atoms with Gasteiger partial charge in [0.1, 0.15) is 5.75 Å². The lowest BCUT2D eigenvalue weighted by Crippen LogP contribution is -2.12. The van der Waals surface area contributed by atoms with Crippen molar-refractivity contribution >= 4 is 44.9 Å². The Balaban J connectivity index is 1.54. The number of nitrogens with one attached hydrogen (secondary N) is 1. The van der Waals surface area contributed by atoms with Gasteiger partial charge < -0.3 is 24.3 Å². The van der Waals surface area contributed by atoms with Crippen molar-refractivity contribution < 1.29 is 23.7 Å². The standard InChI is InChI=1S/C29H23ClN2O5/c1-34-25-15-22-23(16-27(25)36-3)31-12-11-24(22)37-28-13-17-5-4-6-20(21(17)14-26(28)35-2)29(33)32-19-9-7-18(30)8-10-19/h4-16H,1-3H3,(H,32,33). The smallest absolute Gasteiger partial charge is 0.256 e. The molecule has 0 saturated heterocycles. The summed E-state index contributed by atoms with van der Waals surface area (Å²) in [6, 6.07) is 21.5. The van der Waals surface area contributed by atoms with E-state index in [2.05, 4.69) is 10.3 Å². The van der Waals surface area contributed by atoms with Gasteiger partial charge >= 0.3 is 0 Å². The van der Waals surface area contributed by atoms with Gasteiger partial charge in [0.25, 0.3) is 5.91 Å². The molecule has 0 spiro atoms. The molecule has 7 nitrogen and oxygen atoms in total. The molecule has 0 aliphatic rings. The molecule has 0 aliphatic carbocycles. The van der Waals surface area contributed by atoms with Crippen molar-refractivity contribution in [3.05, 3.63) is 89.6 Å². The molecule has 0 fully saturated rings. The van der Waals surface area contributed by atoms with Gasteiger partial charge in [-0.1, -0.05) is 23.7 Å². The number of fused-ring (bicyclic) bond motifs is 2. The van der Waals surface area contributed by atoms with Crippen molar-refractivity contribution in [2.75, 3.05) is 26.6 Å². The topological polar surface area (TPSA) is 78.9 Å². The Bertz CT molecular complexity index is 1620. The molecular formula is C29H23ClN2O5. The van der Waals surface area contributed by atoms with Gasteiger partial charge in [0, 0.05) is 33.9 Å². The summed E-state index contributed by atoms with van der Waals surface area (Å²) in [4.78, 5) is 17.5. The lowest BCUT2D eigenvalue weighted by Gasteiger charge is -2.16. The maximum absolute atomic E-state index is 13.1. The first kappa shape index (κ1) is 24.2. The van der Waals surface area contributed by atoms with Crippen LogP contribution in [-0.2, 0) is 0 Å². The summed E-state index contributed by atoms with van der Waals surface area (Å²) in [5, 5.41) is 5.80. The zero-order valence-electron chi connectivity index (χ0n) is 20.4. The number of hydrogen-bond acceptors (Lipinski definition) is 6. The molecule has 0 unspecified atom stereocenters. The van der Waals surface area contributed by atoms with Gasteiger partial charge in [-0.25, -0.2) is 0 Å². The number of halogens is 1. The first-order valence-corrected chi connectivity index (χ1v) is 11.7. The number of nitrogens with zero attached hydrogens (tertiary/aromatic N) is 1. The number of ether oxygens (including phenoxy) is 4. The third-order valence-electron chi connectivity index (χ3n) is 5.94. The van der Waals surface area contributed by atoms with E-state index < -0.39 is 0 Å². The predicted octanol–water partition coefficient (Wildman–Crippen LogP) is 7.11. The second-order valence-electron chi connectivity index (χ2n) is 8.13. The second-order valence-corrected chi connectivity index (χ2v) is 8.56. The summed E-state index contributed by atoms with van der Waals surface area (Å²) >= 11 is 5.96. The molecule has 1 heterocycles. The Labute approximate surface area is 218 Å². The molecule has 37 heavy (non-hydrogen) atoms. The fourth-order valence-corrected chi connectivity index (χ4v) is 4.23. The van der Waals surface area contributed by atoms with Crippen LogP contribution in [0.25, 0.3) is 21.7 Å². The van der Waals surface area contributed by atoms with Crippen LogP contribution in [0.15, 0.2) is 79.0 Å². The lowest BCUT2D eigenvalue weighted by atomic mass is 10.0. The molecule has 0 radical (unpaired) electrons. The summed E-state index contributed by atoms with van der Waals surface area (Å²) in [6.45, 7) is 0. The summed E-state index contributed by atoms with van der Waals surface area (Å²) < 4.78 is 22.8. The maximum atomic E-state index is 13.1. The second kappa shape index (κ2) is 10.2. The lowest BCUT2D eigenvalue weighted by molar-refractivity contribution is 0.102. The third kappa shape index (κ3) is 4.81. The van der Waals surface area contributed by atoms with E-state index >= 15 is 0 Å². The van der Waals surface area contributed by atoms with E-state index in [0.717, 1.165) is 16.2 Å². The molecular weight excluding hydrogens is 492 g/mol. The molecule has 1 N–H and O–H groups in total. The van der Waals surface area contributed by atoms with Gasteiger partial charge in [-0.15, -0.1) is 0 Å². The number of hydrogen-bond donors (Lipinski definition) is 1. The Hall–Kier alpha value is -4.49. The molecule has 4 aromatic carbocycles. The van der Waals surface area contributed by atoms with E-state index in [1.807, 2.05) is 24.3 Å². The highest BCUT2D eigenvalue weighted by molar-refractivity contribution is 6.30. The SMILES string of the molecule is COc1cc2nccc(Oc3cc4cccc(C(=O)Nc5ccc(Cl)cc5)c4cc3OC)c2cc1OC. The highest BCUT2D eigenvalue weighted by atomic mass is 35.5. The van der Waals surface area contributed by atoms with Crippen LogP contribution in [0.3, 0.4) is 0 Å². The molecule has 5 rings (SSSR count). The summed E-state index contributed by atoms with van der Waals surface area (Å²) in [5.74, 6) is 2.43. The minimum Gasteiger partial charge on any atom is -0.493 e. The van der Waals surface area contributed by atoms with Gasteiger partial charge in [-0.2, -0.15) is 0 Å². The van der Waals surface area contributed by atoms with Gasteiger partial charge in [-0.05, 0) is 65.4 Å². The van der Waals surface area contributed by atoms with Crippen molar-refractivity contribution in [2.45, 2.75) is 0 Å². The molecule has 186 valence electrons. The van der Waals surface area contributed by atoms with Crippen molar-refractivity contribution in [1.82, 2.24) is 4.98 Å². The van der Waals surface area contributed by atoms with E-state index in [0.29, 0.717) is 50.5 Å². The number of carbonyl (C=O) groups excluding carboxylic acids is 1. The Morgan fingerprint density at radius 1 is 0.757 bits per heavy atom. The van der Waals surface area contributed by atoms with Gasteiger partial charge in [0.2, 0.25) is 0 Å². The Kier molecular flexibility index (Phi) is 6.70. The number of rotatable bonds is 7. The number of carbonyl (C=O) groups is 1. The molecule has 0 aliphatic heterocycles. The molecule has 5 aromatic rings. The van der Waals surface area contributed by atoms with Crippen molar-refractivity contribution in [3.8, 4) is 28.7 Å². The Morgan fingerprint density at radius 3 is 2.16 bits per heavy atom. The van der Waals surface area contributed by atoms with Crippen molar-refractivity contribution in [3.63, 3.8) is 0 Å². The first-order valence-electron chi connectivity index (χ1n) is 11.4. The van der Waals surface area contributed by atoms with Crippen molar-refractivity contribution in [2.24, 2.45) is 0 Å². The molecule has 0 saturated carbocycles. The van der Waals surface area contributed by atoms with E-state index in [-0.39, 0.29) is 5.91 Å². The van der Waals surface area contributed by atoms with Crippen LogP contribution in [0, 0.1) is 0 Å². The molecule has 0 bridgehead atoms. The van der Waals surface area contributed by atoms with E-state index in [1.165, 1.54) is 0 Å². The summed E-state index contributed by atoms with van der Waals surface area (Å²) in [7, 11) is 4.71. The van der Waals surface area contributed by atoms with Crippen LogP contribution in [0.4, 0.5) is 5.69 Å². The van der Waals surface area contributed by atoms with Crippen LogP contribution in [0.5, 0.6) is 28.7 Å². The van der Waals surface area contributed by atoms with Gasteiger partial charge in [0.05, 0.1) is 26.8 Å². The van der Waals surface area contributed by atoms with Crippen LogP contribution in [0.1, 0.15) is 10.4 Å². The summed E-state index contributed by atoms with van der Waals surface area (Å²) in [6.07, 6.45) is 1.66. The number of anilines is 1. The average Bonchev–Trinajstić information content (AvgIpc) is 2.92. The third-order valence-corrected chi connectivity index (χ3v) is 6.19. The number of pyridine rings is 1. The largest absolute Gasteiger partial charge is 0.493 e. The normalized spacial score (nSPS) is 10.8. The highest BCUT2D eigenvalue weighted by Gasteiger charge is 2.17. The highest BCUT2D eigenvalue weighted by Crippen LogP contribution is 2.41. The van der Waals surface area contributed by atoms with Crippen LogP contribution in [-0.4, -0.2) is 32.2 Å². The maximum Gasteiger partial charge on any atom is 0.256 e. The number of benzene rings is 4. The van der Waals surface area contributed by atoms with Crippen molar-refractivity contribution in [1.29, 1.82) is 0 Å². The summed E-state index contributed by atoms with van der Waals surface area (Å²) in [5.41, 5.74) is 1.84. The Morgan fingerprint density at radius 2 is 1.43 bits per heavy atom. The number of aromatic nitrogens is 1.